The maximum atomic E-state index is 13.2. The molecule has 1 N–H and O–H groups in total. The molecule has 1 saturated heterocycles. The van der Waals surface area contributed by atoms with Crippen molar-refractivity contribution in [3.8, 4) is 5.75 Å². The zero-order valence-corrected chi connectivity index (χ0v) is 19.8. The monoisotopic (exact) mass is 524 g/mol. The first-order valence-electron chi connectivity index (χ1n) is 9.97. The van der Waals surface area contributed by atoms with Crippen LogP contribution < -0.4 is 15.0 Å². The number of ether oxygens (including phenoxy) is 1. The Morgan fingerprint density at radius 3 is 2.52 bits per heavy atom. The van der Waals surface area contributed by atoms with E-state index in [0.29, 0.717) is 28.6 Å². The maximum absolute atomic E-state index is 13.2. The van der Waals surface area contributed by atoms with E-state index in [-0.39, 0.29) is 5.57 Å². The highest BCUT2D eigenvalue weighted by atomic mass is 79.9. The number of barbiturate groups is 1. The summed E-state index contributed by atoms with van der Waals surface area (Å²) in [5, 5.41) is 2.64. The second-order valence-corrected chi connectivity index (χ2v) is 8.64. The quantitative estimate of drug-likeness (QED) is 0.345. The van der Waals surface area contributed by atoms with Crippen LogP contribution in [0.5, 0.6) is 5.75 Å². The molecular formula is C25H18BrClN2O4. The van der Waals surface area contributed by atoms with Gasteiger partial charge in [0.2, 0.25) is 0 Å². The van der Waals surface area contributed by atoms with Gasteiger partial charge in [0.15, 0.2) is 0 Å². The highest BCUT2D eigenvalue weighted by molar-refractivity contribution is 9.10. The highest BCUT2D eigenvalue weighted by Gasteiger charge is 2.37. The van der Waals surface area contributed by atoms with Gasteiger partial charge in [0.05, 0.1) is 5.69 Å². The van der Waals surface area contributed by atoms with E-state index in [2.05, 4.69) is 21.2 Å². The number of carbonyl (C=O) groups excluding carboxylic acids is 3. The standard InChI is InChI=1S/C25H18BrClN2O4/c1-15-11-19(8-9-21(15)26)29-24(31)20(23(30)28-25(29)32)13-17-12-18(27)7-10-22(17)33-14-16-5-3-2-4-6-16/h2-13H,14H2,1H3,(H,28,30,32)/b20-13-. The summed E-state index contributed by atoms with van der Waals surface area (Å²) >= 11 is 9.56. The van der Waals surface area contributed by atoms with E-state index in [1.807, 2.05) is 37.3 Å². The molecule has 0 unspecified atom stereocenters. The molecule has 166 valence electrons. The highest BCUT2D eigenvalue weighted by Crippen LogP contribution is 2.29. The number of rotatable bonds is 5. The Morgan fingerprint density at radius 1 is 1.03 bits per heavy atom. The second kappa shape index (κ2) is 9.60. The Labute approximate surface area is 203 Å². The van der Waals surface area contributed by atoms with Crippen LogP contribution in [0.1, 0.15) is 16.7 Å². The van der Waals surface area contributed by atoms with E-state index < -0.39 is 17.8 Å². The topological polar surface area (TPSA) is 75.7 Å². The van der Waals surface area contributed by atoms with E-state index in [4.69, 9.17) is 16.3 Å². The average Bonchev–Trinajstić information content (AvgIpc) is 2.79. The summed E-state index contributed by atoms with van der Waals surface area (Å²) < 4.78 is 6.76. The van der Waals surface area contributed by atoms with Crippen molar-refractivity contribution in [1.82, 2.24) is 5.32 Å². The molecule has 33 heavy (non-hydrogen) atoms. The van der Waals surface area contributed by atoms with Gasteiger partial charge >= 0.3 is 6.03 Å². The molecular weight excluding hydrogens is 508 g/mol. The maximum Gasteiger partial charge on any atom is 0.335 e. The van der Waals surface area contributed by atoms with Gasteiger partial charge in [0.25, 0.3) is 11.8 Å². The third-order valence-corrected chi connectivity index (χ3v) is 6.14. The summed E-state index contributed by atoms with van der Waals surface area (Å²) in [7, 11) is 0. The zero-order valence-electron chi connectivity index (χ0n) is 17.5. The first kappa shape index (κ1) is 22.8. The SMILES string of the molecule is Cc1cc(N2C(=O)NC(=O)/C(=C/c3cc(Cl)ccc3OCc3ccccc3)C2=O)ccc1Br. The number of anilines is 1. The van der Waals surface area contributed by atoms with Crippen LogP contribution in [0.25, 0.3) is 6.08 Å². The Morgan fingerprint density at radius 2 is 1.79 bits per heavy atom. The third-order valence-electron chi connectivity index (χ3n) is 5.01. The minimum absolute atomic E-state index is 0.206. The van der Waals surface area contributed by atoms with Crippen molar-refractivity contribution in [2.45, 2.75) is 13.5 Å². The fourth-order valence-corrected chi connectivity index (χ4v) is 3.74. The van der Waals surface area contributed by atoms with Crippen LogP contribution in [0.4, 0.5) is 10.5 Å². The van der Waals surface area contributed by atoms with Crippen molar-refractivity contribution in [3.63, 3.8) is 0 Å². The Bertz CT molecular complexity index is 1290. The fourth-order valence-electron chi connectivity index (χ4n) is 3.31. The summed E-state index contributed by atoms with van der Waals surface area (Å²) in [6.45, 7) is 2.13. The first-order valence-corrected chi connectivity index (χ1v) is 11.1. The van der Waals surface area contributed by atoms with E-state index in [1.165, 1.54) is 6.08 Å². The molecule has 0 aromatic heterocycles. The van der Waals surface area contributed by atoms with E-state index in [9.17, 15) is 14.4 Å². The molecule has 1 aliphatic heterocycles. The summed E-state index contributed by atoms with van der Waals surface area (Å²) in [6, 6.07) is 18.7. The largest absolute Gasteiger partial charge is 0.488 e. The number of nitrogens with zero attached hydrogens (tertiary/aromatic N) is 1. The van der Waals surface area contributed by atoms with Crippen LogP contribution in [0.3, 0.4) is 0 Å². The molecule has 0 atom stereocenters. The van der Waals surface area contributed by atoms with Crippen molar-refractivity contribution >= 4 is 57.1 Å². The zero-order chi connectivity index (χ0) is 23.5. The van der Waals surface area contributed by atoms with Crippen molar-refractivity contribution < 1.29 is 19.1 Å². The van der Waals surface area contributed by atoms with Crippen molar-refractivity contribution in [1.29, 1.82) is 0 Å². The number of imide groups is 2. The predicted molar refractivity (Wildman–Crippen MR) is 130 cm³/mol. The van der Waals surface area contributed by atoms with Gasteiger partial charge in [-0.05, 0) is 60.5 Å². The van der Waals surface area contributed by atoms with E-state index in [0.717, 1.165) is 20.5 Å². The molecule has 0 radical (unpaired) electrons. The van der Waals surface area contributed by atoms with Crippen LogP contribution in [0.2, 0.25) is 5.02 Å². The number of nitrogens with one attached hydrogen (secondary N) is 1. The van der Waals surface area contributed by atoms with E-state index in [1.54, 1.807) is 36.4 Å². The molecule has 1 fully saturated rings. The molecule has 0 spiro atoms. The van der Waals surface area contributed by atoms with Gasteiger partial charge in [-0.1, -0.05) is 57.9 Å². The van der Waals surface area contributed by atoms with Crippen LogP contribution in [0.15, 0.2) is 76.8 Å². The normalized spacial score (nSPS) is 15.1. The van der Waals surface area contributed by atoms with Crippen LogP contribution in [-0.2, 0) is 16.2 Å². The summed E-state index contributed by atoms with van der Waals surface area (Å²) in [4.78, 5) is 39.2. The molecule has 3 aromatic rings. The smallest absolute Gasteiger partial charge is 0.335 e. The Balaban J connectivity index is 1.69. The first-order chi connectivity index (χ1) is 15.8. The summed E-state index contributed by atoms with van der Waals surface area (Å²) in [6.07, 6.45) is 1.38. The number of carbonyl (C=O) groups is 3. The molecule has 6 nitrogen and oxygen atoms in total. The van der Waals surface area contributed by atoms with Gasteiger partial charge in [0.1, 0.15) is 17.9 Å². The number of urea groups is 1. The summed E-state index contributed by atoms with van der Waals surface area (Å²) in [5.74, 6) is -1.08. The lowest BCUT2D eigenvalue weighted by molar-refractivity contribution is -0.122. The van der Waals surface area contributed by atoms with Crippen molar-refractivity contribution in [2.75, 3.05) is 4.90 Å². The lowest BCUT2D eigenvalue weighted by atomic mass is 10.1. The molecule has 4 rings (SSSR count). The lowest BCUT2D eigenvalue weighted by Gasteiger charge is -2.27. The number of halogens is 2. The molecule has 8 heteroatoms. The minimum Gasteiger partial charge on any atom is -0.488 e. The molecule has 3 aromatic carbocycles. The van der Waals surface area contributed by atoms with E-state index >= 15 is 0 Å². The molecule has 1 heterocycles. The second-order valence-electron chi connectivity index (χ2n) is 7.35. The van der Waals surface area contributed by atoms with Crippen LogP contribution >= 0.6 is 27.5 Å². The Hall–Kier alpha value is -3.42. The van der Waals surface area contributed by atoms with Gasteiger partial charge in [-0.15, -0.1) is 0 Å². The number of hydrogen-bond donors (Lipinski definition) is 1. The Kier molecular flexibility index (Phi) is 6.62. The lowest BCUT2D eigenvalue weighted by Crippen LogP contribution is -2.54. The van der Waals surface area contributed by atoms with Crippen molar-refractivity contribution in [2.24, 2.45) is 0 Å². The predicted octanol–water partition coefficient (Wildman–Crippen LogP) is 5.66. The van der Waals surface area contributed by atoms with Crippen LogP contribution in [-0.4, -0.2) is 17.8 Å². The van der Waals surface area contributed by atoms with Gasteiger partial charge in [-0.2, -0.15) is 0 Å². The van der Waals surface area contributed by atoms with Crippen molar-refractivity contribution in [3.05, 3.63) is 98.5 Å². The molecule has 0 bridgehead atoms. The number of amides is 4. The average molecular weight is 526 g/mol. The number of benzene rings is 3. The molecule has 0 saturated carbocycles. The van der Waals surface area contributed by atoms with Gasteiger partial charge in [-0.3, -0.25) is 14.9 Å². The van der Waals surface area contributed by atoms with Gasteiger partial charge in [-0.25, -0.2) is 9.69 Å². The number of hydrogen-bond acceptors (Lipinski definition) is 4. The third kappa shape index (κ3) is 4.99. The fraction of sp³-hybridized carbons (Fsp3) is 0.0800. The van der Waals surface area contributed by atoms with Gasteiger partial charge < -0.3 is 4.74 Å². The summed E-state index contributed by atoms with van der Waals surface area (Å²) in [5.41, 5.74) is 2.38. The number of aryl methyl sites for hydroxylation is 1. The van der Waals surface area contributed by atoms with Crippen LogP contribution in [0, 0.1) is 6.92 Å². The molecule has 1 aliphatic rings. The molecule has 4 amide bonds. The molecule has 0 aliphatic carbocycles. The van der Waals surface area contributed by atoms with Gasteiger partial charge in [0, 0.05) is 15.1 Å². The minimum atomic E-state index is -0.810.